The average molecular weight is 344 g/mol. The van der Waals surface area contributed by atoms with E-state index in [9.17, 15) is 10.2 Å². The van der Waals surface area contributed by atoms with Crippen molar-refractivity contribution in [2.45, 2.75) is 25.0 Å². The summed E-state index contributed by atoms with van der Waals surface area (Å²) in [5, 5.41) is 22.9. The van der Waals surface area contributed by atoms with E-state index in [0.717, 1.165) is 36.5 Å². The lowest BCUT2D eigenvalue weighted by molar-refractivity contribution is 0.191. The van der Waals surface area contributed by atoms with Crippen molar-refractivity contribution in [2.75, 3.05) is 37.0 Å². The number of aromatic nitrogens is 2. The first kappa shape index (κ1) is 17.4. The van der Waals surface area contributed by atoms with Gasteiger partial charge in [0.05, 0.1) is 25.9 Å². The van der Waals surface area contributed by atoms with Crippen molar-refractivity contribution >= 4 is 11.6 Å². The van der Waals surface area contributed by atoms with Crippen LogP contribution in [0.1, 0.15) is 24.5 Å². The quantitative estimate of drug-likeness (QED) is 0.703. The molecule has 7 heteroatoms. The summed E-state index contributed by atoms with van der Waals surface area (Å²) in [6.45, 7) is 1.35. The van der Waals surface area contributed by atoms with Gasteiger partial charge in [0.2, 0.25) is 0 Å². The van der Waals surface area contributed by atoms with Gasteiger partial charge in [-0.2, -0.15) is 0 Å². The third kappa shape index (κ3) is 4.18. The van der Waals surface area contributed by atoms with Crippen LogP contribution in [0.5, 0.6) is 5.75 Å². The van der Waals surface area contributed by atoms with Crippen LogP contribution in [-0.4, -0.2) is 53.0 Å². The van der Waals surface area contributed by atoms with Crippen molar-refractivity contribution in [3.63, 3.8) is 0 Å². The third-order valence-electron chi connectivity index (χ3n) is 4.51. The molecule has 0 bridgehead atoms. The van der Waals surface area contributed by atoms with Crippen LogP contribution in [0.25, 0.3) is 0 Å². The number of ether oxygens (including phenoxy) is 1. The van der Waals surface area contributed by atoms with Gasteiger partial charge in [0, 0.05) is 19.2 Å². The largest absolute Gasteiger partial charge is 0.497 e. The van der Waals surface area contributed by atoms with Crippen LogP contribution in [-0.2, 0) is 0 Å². The van der Waals surface area contributed by atoms with Crippen molar-refractivity contribution in [3.8, 4) is 5.75 Å². The summed E-state index contributed by atoms with van der Waals surface area (Å²) in [5.74, 6) is 2.21. The van der Waals surface area contributed by atoms with E-state index in [1.165, 1.54) is 6.33 Å². The number of methoxy groups -OCH3 is 1. The van der Waals surface area contributed by atoms with Crippen LogP contribution in [0.4, 0.5) is 11.6 Å². The first-order valence-corrected chi connectivity index (χ1v) is 8.46. The molecule has 0 amide bonds. The topological polar surface area (TPSA) is 90.7 Å². The Kier molecular flexibility index (Phi) is 5.67. The molecule has 1 fully saturated rings. The van der Waals surface area contributed by atoms with Gasteiger partial charge in [-0.15, -0.1) is 0 Å². The molecule has 3 rings (SSSR count). The number of aliphatic hydroxyl groups excluding tert-OH is 2. The van der Waals surface area contributed by atoms with Crippen LogP contribution in [0.3, 0.4) is 0 Å². The Bertz CT molecular complexity index is 680. The fraction of sp³-hybridized carbons (Fsp3) is 0.444. The van der Waals surface area contributed by atoms with E-state index in [1.807, 2.05) is 30.3 Å². The number of nitrogens with zero attached hydrogens (tertiary/aromatic N) is 3. The van der Waals surface area contributed by atoms with E-state index in [2.05, 4.69) is 20.2 Å². The van der Waals surface area contributed by atoms with Crippen LogP contribution in [0.15, 0.2) is 36.7 Å². The monoisotopic (exact) mass is 344 g/mol. The highest BCUT2D eigenvalue weighted by Crippen LogP contribution is 2.25. The van der Waals surface area contributed by atoms with Crippen molar-refractivity contribution < 1.29 is 14.9 Å². The number of hydrogen-bond acceptors (Lipinski definition) is 7. The van der Waals surface area contributed by atoms with Crippen LogP contribution < -0.4 is 15.0 Å². The molecule has 0 aliphatic carbocycles. The second-order valence-electron chi connectivity index (χ2n) is 6.10. The number of hydrogen-bond donors (Lipinski definition) is 3. The summed E-state index contributed by atoms with van der Waals surface area (Å²) in [6, 6.07) is 9.30. The molecule has 7 nitrogen and oxygen atoms in total. The molecular weight excluding hydrogens is 320 g/mol. The molecule has 2 atom stereocenters. The fourth-order valence-corrected chi connectivity index (χ4v) is 3.07. The molecule has 1 aromatic heterocycles. The molecule has 0 saturated carbocycles. The number of benzene rings is 1. The van der Waals surface area contributed by atoms with Crippen LogP contribution in [0.2, 0.25) is 0 Å². The van der Waals surface area contributed by atoms with E-state index in [0.29, 0.717) is 12.4 Å². The van der Waals surface area contributed by atoms with Gasteiger partial charge in [-0.05, 0) is 30.5 Å². The summed E-state index contributed by atoms with van der Waals surface area (Å²) >= 11 is 0. The van der Waals surface area contributed by atoms with Crippen LogP contribution in [0, 0.1) is 0 Å². The number of anilines is 2. The molecule has 1 saturated heterocycles. The zero-order valence-corrected chi connectivity index (χ0v) is 14.3. The number of rotatable bonds is 7. The second-order valence-corrected chi connectivity index (χ2v) is 6.10. The standard InChI is InChI=1S/C18H24N4O3/c1-25-15-6-4-13(5-7-15)16(24)10-19-17-9-18(21-12-20-17)22-8-2-3-14(22)11-23/h4-7,9,12,14,16,23-24H,2-3,8,10-11H2,1H3,(H,19,20,21)/t14-,16+/m1/s1. The normalized spacial score (nSPS) is 18.2. The Hall–Kier alpha value is -2.38. The zero-order chi connectivity index (χ0) is 17.6. The van der Waals surface area contributed by atoms with E-state index < -0.39 is 6.10 Å². The van der Waals surface area contributed by atoms with Gasteiger partial charge >= 0.3 is 0 Å². The highest BCUT2D eigenvalue weighted by Gasteiger charge is 2.25. The molecule has 25 heavy (non-hydrogen) atoms. The lowest BCUT2D eigenvalue weighted by Gasteiger charge is -2.24. The molecule has 0 radical (unpaired) electrons. The lowest BCUT2D eigenvalue weighted by Crippen LogP contribution is -2.32. The molecule has 134 valence electrons. The summed E-state index contributed by atoms with van der Waals surface area (Å²) in [7, 11) is 1.61. The first-order chi connectivity index (χ1) is 12.2. The SMILES string of the molecule is COc1ccc([C@@H](O)CNc2cc(N3CCC[C@@H]3CO)ncn2)cc1. The predicted octanol–water partition coefficient (Wildman–Crippen LogP) is 1.59. The molecule has 2 heterocycles. The Morgan fingerprint density at radius 2 is 2.12 bits per heavy atom. The van der Waals surface area contributed by atoms with Gasteiger partial charge < -0.3 is 25.2 Å². The Morgan fingerprint density at radius 3 is 2.84 bits per heavy atom. The maximum absolute atomic E-state index is 10.3. The molecule has 0 unspecified atom stereocenters. The molecule has 1 aliphatic rings. The highest BCUT2D eigenvalue weighted by molar-refractivity contribution is 5.50. The van der Waals surface area contributed by atoms with Crippen LogP contribution >= 0.6 is 0 Å². The average Bonchev–Trinajstić information content (AvgIpc) is 3.15. The maximum Gasteiger partial charge on any atom is 0.134 e. The smallest absolute Gasteiger partial charge is 0.134 e. The van der Waals surface area contributed by atoms with Gasteiger partial charge in [0.15, 0.2) is 0 Å². The molecule has 1 aliphatic heterocycles. The maximum atomic E-state index is 10.3. The van der Waals surface area contributed by atoms with Crippen molar-refractivity contribution in [2.24, 2.45) is 0 Å². The summed E-state index contributed by atoms with van der Waals surface area (Å²) < 4.78 is 5.12. The number of nitrogens with one attached hydrogen (secondary N) is 1. The Labute approximate surface area is 147 Å². The second kappa shape index (κ2) is 8.13. The zero-order valence-electron chi connectivity index (χ0n) is 14.3. The van der Waals surface area contributed by atoms with Crippen molar-refractivity contribution in [1.82, 2.24) is 9.97 Å². The van der Waals surface area contributed by atoms with Gasteiger partial charge in [-0.25, -0.2) is 9.97 Å². The number of aliphatic hydroxyl groups is 2. The molecule has 3 N–H and O–H groups in total. The minimum atomic E-state index is -0.652. The minimum absolute atomic E-state index is 0.118. The molecule has 2 aromatic rings. The summed E-state index contributed by atoms with van der Waals surface area (Å²) in [4.78, 5) is 10.6. The van der Waals surface area contributed by atoms with E-state index in [1.54, 1.807) is 7.11 Å². The van der Waals surface area contributed by atoms with E-state index >= 15 is 0 Å². The fourth-order valence-electron chi connectivity index (χ4n) is 3.07. The third-order valence-corrected chi connectivity index (χ3v) is 4.51. The van der Waals surface area contributed by atoms with E-state index in [4.69, 9.17) is 4.74 Å². The van der Waals surface area contributed by atoms with Gasteiger partial charge in [-0.1, -0.05) is 12.1 Å². The van der Waals surface area contributed by atoms with Gasteiger partial charge in [0.1, 0.15) is 23.7 Å². The molecule has 1 aromatic carbocycles. The Balaban J connectivity index is 1.62. The van der Waals surface area contributed by atoms with Gasteiger partial charge in [-0.3, -0.25) is 0 Å². The van der Waals surface area contributed by atoms with Crippen molar-refractivity contribution in [3.05, 3.63) is 42.2 Å². The predicted molar refractivity (Wildman–Crippen MR) is 95.9 cm³/mol. The summed E-state index contributed by atoms with van der Waals surface area (Å²) in [6.07, 6.45) is 2.87. The Morgan fingerprint density at radius 1 is 1.32 bits per heavy atom. The first-order valence-electron chi connectivity index (χ1n) is 8.46. The lowest BCUT2D eigenvalue weighted by atomic mass is 10.1. The van der Waals surface area contributed by atoms with Gasteiger partial charge in [0.25, 0.3) is 0 Å². The van der Waals surface area contributed by atoms with E-state index in [-0.39, 0.29) is 12.6 Å². The van der Waals surface area contributed by atoms with Crippen molar-refractivity contribution in [1.29, 1.82) is 0 Å². The highest BCUT2D eigenvalue weighted by atomic mass is 16.5. The summed E-state index contributed by atoms with van der Waals surface area (Å²) in [5.41, 5.74) is 0.808. The molecule has 0 spiro atoms. The minimum Gasteiger partial charge on any atom is -0.497 e. The molecular formula is C18H24N4O3.